The Morgan fingerprint density at radius 1 is 0.500 bits per heavy atom. The molecule has 0 saturated heterocycles. The topological polar surface area (TPSA) is 104 Å². The van der Waals surface area contributed by atoms with Crippen molar-refractivity contribution >= 4 is 63.5 Å². The molecule has 3 aliphatic rings. The molecule has 9 rings (SSSR count). The van der Waals surface area contributed by atoms with Gasteiger partial charge in [-0.15, -0.1) is 0 Å². The predicted octanol–water partition coefficient (Wildman–Crippen LogP) is 14.2. The third kappa shape index (κ3) is 15.5. The number of aromatic nitrogens is 3. The number of hydrogen-bond donors (Lipinski definition) is 0. The molecule has 3 aliphatic carbocycles. The number of ether oxygens (including phenoxy) is 6. The summed E-state index contributed by atoms with van der Waals surface area (Å²) in [5.74, 6) is 5.37. The zero-order valence-electron chi connectivity index (χ0n) is 42.1. The maximum atomic E-state index is 6.26. The molecule has 0 aliphatic heterocycles. The number of benzene rings is 3. The van der Waals surface area contributed by atoms with Crippen LogP contribution in [0.5, 0.6) is 34.5 Å². The van der Waals surface area contributed by atoms with E-state index in [-0.39, 0.29) is 6.10 Å². The fourth-order valence-corrected chi connectivity index (χ4v) is 9.51. The van der Waals surface area contributed by atoms with Gasteiger partial charge >= 0.3 is 0 Å². The summed E-state index contributed by atoms with van der Waals surface area (Å²) in [6.07, 6.45) is 21.1. The summed E-state index contributed by atoms with van der Waals surface area (Å²) in [7, 11) is 11.1. The van der Waals surface area contributed by atoms with E-state index < -0.39 is 0 Å². The van der Waals surface area contributed by atoms with Crippen molar-refractivity contribution in [3.63, 3.8) is 0 Å². The summed E-state index contributed by atoms with van der Waals surface area (Å²) in [5.41, 5.74) is 5.97. The van der Waals surface area contributed by atoms with Crippen LogP contribution in [0.4, 0.5) is 17.1 Å². The SMILES string of the molecule is COc1ccc(N(C)Cc2c(Cl)ccnc2Cl)cc1OC1CCCC1.COc1ccc(N(C)Cc2c(Cl)cncc2Cl)cc1OCC1CC1.COc1ccc(N(C)Cc2cccnc2)cc1OC1CCCC1. The van der Waals surface area contributed by atoms with Crippen LogP contribution in [0.2, 0.25) is 20.2 Å². The predicted molar refractivity (Wildman–Crippen MR) is 292 cm³/mol. The highest BCUT2D eigenvalue weighted by Crippen LogP contribution is 2.39. The number of methoxy groups -OCH3 is 3. The Morgan fingerprint density at radius 2 is 0.986 bits per heavy atom. The van der Waals surface area contributed by atoms with Gasteiger partial charge in [-0.25, -0.2) is 4.98 Å². The molecule has 0 bridgehead atoms. The van der Waals surface area contributed by atoms with Crippen LogP contribution in [0, 0.1) is 5.92 Å². The first-order valence-corrected chi connectivity index (χ1v) is 26.0. The Balaban J connectivity index is 0.000000159. The van der Waals surface area contributed by atoms with Crippen molar-refractivity contribution in [3.8, 4) is 34.5 Å². The van der Waals surface area contributed by atoms with Gasteiger partial charge in [0.2, 0.25) is 0 Å². The van der Waals surface area contributed by atoms with Gasteiger partial charge in [0.1, 0.15) is 5.15 Å². The molecule has 3 saturated carbocycles. The molecular weight excluding hydrogens is 994 g/mol. The van der Waals surface area contributed by atoms with E-state index in [1.807, 2.05) is 68.8 Å². The van der Waals surface area contributed by atoms with Crippen molar-refractivity contribution in [3.05, 3.63) is 141 Å². The Hall–Kier alpha value is -5.53. The van der Waals surface area contributed by atoms with E-state index >= 15 is 0 Å². The van der Waals surface area contributed by atoms with Crippen molar-refractivity contribution < 1.29 is 28.4 Å². The van der Waals surface area contributed by atoms with E-state index in [1.165, 1.54) is 44.1 Å². The van der Waals surface area contributed by atoms with Gasteiger partial charge in [0.15, 0.2) is 34.5 Å². The number of halogens is 4. The highest BCUT2D eigenvalue weighted by Gasteiger charge is 2.24. The average molecular weight is 1060 g/mol. The molecule has 0 spiro atoms. The third-order valence-electron chi connectivity index (χ3n) is 13.0. The van der Waals surface area contributed by atoms with Crippen molar-refractivity contribution in [2.75, 3.05) is 63.8 Å². The summed E-state index contributed by atoms with van der Waals surface area (Å²) >= 11 is 24.9. The minimum absolute atomic E-state index is 0.275. The highest BCUT2D eigenvalue weighted by atomic mass is 35.5. The van der Waals surface area contributed by atoms with Gasteiger partial charge in [0.25, 0.3) is 0 Å². The first-order valence-electron chi connectivity index (χ1n) is 24.5. The molecule has 0 amide bonds. The number of nitrogens with zero attached hydrogens (tertiary/aromatic N) is 6. The summed E-state index contributed by atoms with van der Waals surface area (Å²) in [6, 6.07) is 23.8. The highest BCUT2D eigenvalue weighted by molar-refractivity contribution is 6.36. The van der Waals surface area contributed by atoms with E-state index in [2.05, 4.69) is 54.9 Å². The molecule has 0 unspecified atom stereocenters. The molecule has 3 fully saturated rings. The number of pyridine rings is 3. The second-order valence-electron chi connectivity index (χ2n) is 18.4. The van der Waals surface area contributed by atoms with Gasteiger partial charge in [-0.1, -0.05) is 52.5 Å². The lowest BCUT2D eigenvalue weighted by atomic mass is 10.2. The zero-order chi connectivity index (χ0) is 51.0. The van der Waals surface area contributed by atoms with Crippen LogP contribution in [0.25, 0.3) is 0 Å². The lowest BCUT2D eigenvalue weighted by molar-refractivity contribution is 0.200. The largest absolute Gasteiger partial charge is 0.493 e. The summed E-state index contributed by atoms with van der Waals surface area (Å²) < 4.78 is 34.6. The van der Waals surface area contributed by atoms with E-state index in [0.717, 1.165) is 102 Å². The minimum atomic E-state index is 0.275. The number of rotatable bonds is 19. The molecule has 0 radical (unpaired) electrons. The van der Waals surface area contributed by atoms with Crippen LogP contribution in [-0.4, -0.2) is 76.2 Å². The number of anilines is 3. The minimum Gasteiger partial charge on any atom is -0.493 e. The van der Waals surface area contributed by atoms with E-state index in [1.54, 1.807) is 52.2 Å². The van der Waals surface area contributed by atoms with Crippen LogP contribution < -0.4 is 43.1 Å². The average Bonchev–Trinajstić information content (AvgIpc) is 3.80. The van der Waals surface area contributed by atoms with Crippen LogP contribution in [0.15, 0.2) is 104 Å². The van der Waals surface area contributed by atoms with E-state index in [9.17, 15) is 0 Å². The molecule has 16 heteroatoms. The van der Waals surface area contributed by atoms with Crippen LogP contribution >= 0.6 is 46.4 Å². The molecule has 6 aromatic rings. The van der Waals surface area contributed by atoms with Gasteiger partial charge in [-0.2, -0.15) is 0 Å². The fraction of sp³-hybridized carbons (Fsp3) is 0.411. The fourth-order valence-electron chi connectivity index (χ4n) is 8.56. The molecule has 384 valence electrons. The lowest BCUT2D eigenvalue weighted by Gasteiger charge is -2.23. The van der Waals surface area contributed by atoms with Gasteiger partial charge in [0, 0.05) is 118 Å². The molecule has 0 atom stereocenters. The maximum absolute atomic E-state index is 6.26. The second kappa shape index (κ2) is 27.0. The standard InChI is InChI=1S/C19H22Cl2N2O2.C19H24N2O2.C18H20Cl2N2O2/c1-23(12-15-16(20)9-10-22-19(15)21)13-7-8-17(24-2)18(11-13)25-14-5-3-4-6-14;1-21(14-15-6-5-11-20-13-15)16-9-10-18(22-2)19(12-16)23-17-7-3-4-8-17;1-22(10-14-15(19)8-21-9-16(14)20)13-5-6-17(23-2)18(7-13)24-11-12-3-4-12/h7-11,14H,3-6,12H2,1-2H3;5-6,9-13,17H,3-4,7-8,14H2,1-2H3;5-9,12H,3-4,10-11H2,1-2H3. The van der Waals surface area contributed by atoms with Gasteiger partial charge < -0.3 is 43.1 Å². The second-order valence-corrected chi connectivity index (χ2v) is 20.0. The summed E-state index contributed by atoms with van der Waals surface area (Å²) in [6.45, 7) is 2.68. The number of hydrogen-bond acceptors (Lipinski definition) is 12. The lowest BCUT2D eigenvalue weighted by Crippen LogP contribution is -2.18. The Morgan fingerprint density at radius 3 is 1.46 bits per heavy atom. The monoisotopic (exact) mass is 1060 g/mol. The Bertz CT molecular complexity index is 2610. The molecule has 3 heterocycles. The normalized spacial score (nSPS) is 14.3. The van der Waals surface area contributed by atoms with Gasteiger partial charge in [-0.3, -0.25) is 9.97 Å². The first kappa shape index (κ1) is 54.2. The molecule has 12 nitrogen and oxygen atoms in total. The first-order chi connectivity index (χ1) is 34.9. The van der Waals surface area contributed by atoms with Crippen LogP contribution in [-0.2, 0) is 19.6 Å². The Labute approximate surface area is 445 Å². The molecule has 72 heavy (non-hydrogen) atoms. The van der Waals surface area contributed by atoms with Crippen LogP contribution in [0.1, 0.15) is 80.9 Å². The van der Waals surface area contributed by atoms with Gasteiger partial charge in [-0.05, 0) is 124 Å². The molecular formula is C56H66Cl4N6O6. The van der Waals surface area contributed by atoms with Crippen molar-refractivity contribution in [1.82, 2.24) is 15.0 Å². The van der Waals surface area contributed by atoms with Crippen molar-refractivity contribution in [2.24, 2.45) is 5.92 Å². The Kier molecular flexibility index (Phi) is 20.3. The van der Waals surface area contributed by atoms with E-state index in [0.29, 0.717) is 45.3 Å². The zero-order valence-corrected chi connectivity index (χ0v) is 45.1. The molecule has 3 aromatic carbocycles. The molecule has 0 N–H and O–H groups in total. The van der Waals surface area contributed by atoms with Crippen molar-refractivity contribution in [2.45, 2.75) is 96.1 Å². The van der Waals surface area contributed by atoms with Crippen LogP contribution in [0.3, 0.4) is 0 Å². The third-order valence-corrected chi connectivity index (χ3v) is 14.3. The van der Waals surface area contributed by atoms with Crippen molar-refractivity contribution in [1.29, 1.82) is 0 Å². The summed E-state index contributed by atoms with van der Waals surface area (Å²) in [4.78, 5) is 18.6. The summed E-state index contributed by atoms with van der Waals surface area (Å²) in [5, 5.41) is 2.17. The quantitative estimate of drug-likeness (QED) is 0.0722. The maximum Gasteiger partial charge on any atom is 0.163 e. The smallest absolute Gasteiger partial charge is 0.163 e. The molecule has 3 aromatic heterocycles. The van der Waals surface area contributed by atoms with Gasteiger partial charge in [0.05, 0.1) is 55.2 Å². The van der Waals surface area contributed by atoms with E-state index in [4.69, 9.17) is 74.8 Å².